The highest BCUT2D eigenvalue weighted by Gasteiger charge is 2.34. The monoisotopic (exact) mass is 418 g/mol. The SMILES string of the molecule is CCCCOC(=O)CC1C(=O)NCCN1C(=O)CNc1ccc(NC(=O)CC)cc1. The van der Waals surface area contributed by atoms with Gasteiger partial charge in [0.25, 0.3) is 0 Å². The minimum Gasteiger partial charge on any atom is -0.466 e. The molecule has 3 N–H and O–H groups in total. The number of unbranched alkanes of at least 4 members (excludes halogenated alkanes) is 1. The van der Waals surface area contributed by atoms with Crippen molar-refractivity contribution >= 4 is 35.1 Å². The van der Waals surface area contributed by atoms with Crippen molar-refractivity contribution in [1.82, 2.24) is 10.2 Å². The third kappa shape index (κ3) is 7.06. The topological polar surface area (TPSA) is 117 Å². The van der Waals surface area contributed by atoms with E-state index < -0.39 is 12.0 Å². The molecule has 30 heavy (non-hydrogen) atoms. The molecule has 1 heterocycles. The highest BCUT2D eigenvalue weighted by Crippen LogP contribution is 2.15. The lowest BCUT2D eigenvalue weighted by molar-refractivity contribution is -0.151. The van der Waals surface area contributed by atoms with Crippen molar-refractivity contribution in [3.05, 3.63) is 24.3 Å². The van der Waals surface area contributed by atoms with Gasteiger partial charge in [0.15, 0.2) is 0 Å². The summed E-state index contributed by atoms with van der Waals surface area (Å²) < 4.78 is 5.14. The molecule has 0 aromatic heterocycles. The number of piperazine rings is 1. The number of esters is 1. The third-order valence-corrected chi connectivity index (χ3v) is 4.71. The van der Waals surface area contributed by atoms with Gasteiger partial charge in [-0.25, -0.2) is 0 Å². The van der Waals surface area contributed by atoms with Crippen LogP contribution in [-0.2, 0) is 23.9 Å². The normalized spacial score (nSPS) is 15.9. The average molecular weight is 418 g/mol. The second kappa shape index (κ2) is 11.8. The van der Waals surface area contributed by atoms with Crippen LogP contribution in [0, 0.1) is 0 Å². The molecule has 1 aromatic rings. The Hall–Kier alpha value is -3.10. The van der Waals surface area contributed by atoms with Crippen molar-refractivity contribution in [1.29, 1.82) is 0 Å². The number of carbonyl (C=O) groups excluding carboxylic acids is 4. The molecule has 9 nitrogen and oxygen atoms in total. The van der Waals surface area contributed by atoms with E-state index in [1.54, 1.807) is 31.2 Å². The van der Waals surface area contributed by atoms with E-state index in [4.69, 9.17) is 4.74 Å². The summed E-state index contributed by atoms with van der Waals surface area (Å²) >= 11 is 0. The van der Waals surface area contributed by atoms with Gasteiger partial charge in [-0.15, -0.1) is 0 Å². The standard InChI is InChI=1S/C21H30N4O5/c1-3-5-12-30-20(28)13-17-21(29)22-10-11-25(17)19(27)14-23-15-6-8-16(9-7-15)24-18(26)4-2/h6-9,17,23H,3-5,10-14H2,1-2H3,(H,22,29)(H,24,26). The summed E-state index contributed by atoms with van der Waals surface area (Å²) in [5.74, 6) is -1.19. The lowest BCUT2D eigenvalue weighted by Gasteiger charge is -2.34. The van der Waals surface area contributed by atoms with Crippen molar-refractivity contribution in [2.75, 3.05) is 36.9 Å². The number of nitrogens with one attached hydrogen (secondary N) is 3. The van der Waals surface area contributed by atoms with Crippen LogP contribution < -0.4 is 16.0 Å². The maximum atomic E-state index is 12.7. The number of amides is 3. The Morgan fingerprint density at radius 3 is 2.53 bits per heavy atom. The van der Waals surface area contributed by atoms with Crippen LogP contribution in [0.3, 0.4) is 0 Å². The molecule has 0 aliphatic carbocycles. The maximum Gasteiger partial charge on any atom is 0.308 e. The van der Waals surface area contributed by atoms with E-state index in [2.05, 4.69) is 16.0 Å². The molecule has 1 saturated heterocycles. The molecule has 164 valence electrons. The Bertz CT molecular complexity index is 750. The fourth-order valence-electron chi connectivity index (χ4n) is 2.96. The van der Waals surface area contributed by atoms with Crippen LogP contribution in [-0.4, -0.2) is 60.9 Å². The Balaban J connectivity index is 1.90. The second-order valence-electron chi connectivity index (χ2n) is 7.00. The van der Waals surface area contributed by atoms with E-state index in [-0.39, 0.29) is 30.7 Å². The molecule has 1 unspecified atom stereocenters. The molecule has 1 atom stereocenters. The summed E-state index contributed by atoms with van der Waals surface area (Å²) in [6.07, 6.45) is 1.90. The number of hydrogen-bond donors (Lipinski definition) is 3. The zero-order chi connectivity index (χ0) is 21.9. The number of ether oxygens (including phenoxy) is 1. The molecular weight excluding hydrogens is 388 g/mol. The zero-order valence-electron chi connectivity index (χ0n) is 17.5. The van der Waals surface area contributed by atoms with Crippen LogP contribution in [0.2, 0.25) is 0 Å². The summed E-state index contributed by atoms with van der Waals surface area (Å²) in [7, 11) is 0. The van der Waals surface area contributed by atoms with Gasteiger partial charge in [-0.1, -0.05) is 20.3 Å². The molecular formula is C21H30N4O5. The first kappa shape index (κ1) is 23.2. The first-order valence-electron chi connectivity index (χ1n) is 10.3. The molecule has 0 radical (unpaired) electrons. The maximum absolute atomic E-state index is 12.7. The van der Waals surface area contributed by atoms with Gasteiger partial charge in [0.05, 0.1) is 19.6 Å². The van der Waals surface area contributed by atoms with Gasteiger partial charge in [0, 0.05) is 30.9 Å². The fraction of sp³-hybridized carbons (Fsp3) is 0.524. The quantitative estimate of drug-likeness (QED) is 0.392. The van der Waals surface area contributed by atoms with Crippen LogP contribution >= 0.6 is 0 Å². The van der Waals surface area contributed by atoms with Crippen LogP contribution in [0.5, 0.6) is 0 Å². The van der Waals surface area contributed by atoms with Gasteiger partial charge >= 0.3 is 5.97 Å². The van der Waals surface area contributed by atoms with Gasteiger partial charge in [-0.2, -0.15) is 0 Å². The minimum absolute atomic E-state index is 0.0185. The predicted octanol–water partition coefficient (Wildman–Crippen LogP) is 1.51. The molecule has 0 bridgehead atoms. The fourth-order valence-corrected chi connectivity index (χ4v) is 2.96. The second-order valence-corrected chi connectivity index (χ2v) is 7.00. The van der Waals surface area contributed by atoms with Crippen LogP contribution in [0.15, 0.2) is 24.3 Å². The Morgan fingerprint density at radius 2 is 1.87 bits per heavy atom. The number of anilines is 2. The Labute approximate surface area is 176 Å². The first-order valence-corrected chi connectivity index (χ1v) is 10.3. The zero-order valence-corrected chi connectivity index (χ0v) is 17.5. The van der Waals surface area contributed by atoms with Crippen LogP contribution in [0.1, 0.15) is 39.5 Å². The van der Waals surface area contributed by atoms with E-state index >= 15 is 0 Å². The predicted molar refractivity (Wildman–Crippen MR) is 113 cm³/mol. The summed E-state index contributed by atoms with van der Waals surface area (Å²) in [4.78, 5) is 49.8. The van der Waals surface area contributed by atoms with Gasteiger partial charge in [-0.3, -0.25) is 19.2 Å². The van der Waals surface area contributed by atoms with Crippen molar-refractivity contribution in [2.24, 2.45) is 0 Å². The number of benzene rings is 1. The number of nitrogens with zero attached hydrogens (tertiary/aromatic N) is 1. The molecule has 1 fully saturated rings. The van der Waals surface area contributed by atoms with Gasteiger partial charge in [0.2, 0.25) is 17.7 Å². The number of hydrogen-bond acceptors (Lipinski definition) is 6. The molecule has 0 saturated carbocycles. The van der Waals surface area contributed by atoms with Gasteiger partial charge in [0.1, 0.15) is 6.04 Å². The summed E-state index contributed by atoms with van der Waals surface area (Å²) in [6.45, 7) is 4.74. The van der Waals surface area contributed by atoms with E-state index in [1.165, 1.54) is 4.90 Å². The molecule has 1 aliphatic rings. The molecule has 9 heteroatoms. The smallest absolute Gasteiger partial charge is 0.308 e. The van der Waals surface area contributed by atoms with E-state index in [0.29, 0.717) is 37.5 Å². The lowest BCUT2D eigenvalue weighted by Crippen LogP contribution is -2.58. The molecule has 3 amide bonds. The van der Waals surface area contributed by atoms with Crippen molar-refractivity contribution in [3.63, 3.8) is 0 Å². The van der Waals surface area contributed by atoms with E-state index in [9.17, 15) is 19.2 Å². The van der Waals surface area contributed by atoms with E-state index in [1.807, 2.05) is 6.92 Å². The first-order chi connectivity index (χ1) is 14.4. The largest absolute Gasteiger partial charge is 0.466 e. The molecule has 0 spiro atoms. The van der Waals surface area contributed by atoms with Gasteiger partial charge < -0.3 is 25.6 Å². The Kier molecular flexibility index (Phi) is 9.11. The van der Waals surface area contributed by atoms with Gasteiger partial charge in [-0.05, 0) is 30.7 Å². The molecule has 2 rings (SSSR count). The van der Waals surface area contributed by atoms with Crippen molar-refractivity contribution < 1.29 is 23.9 Å². The summed E-state index contributed by atoms with van der Waals surface area (Å²) in [6, 6.07) is 6.12. The van der Waals surface area contributed by atoms with Crippen molar-refractivity contribution in [2.45, 2.75) is 45.6 Å². The molecule has 1 aliphatic heterocycles. The van der Waals surface area contributed by atoms with E-state index in [0.717, 1.165) is 12.8 Å². The third-order valence-electron chi connectivity index (χ3n) is 4.71. The average Bonchev–Trinajstić information content (AvgIpc) is 2.74. The number of rotatable bonds is 10. The number of carbonyl (C=O) groups is 4. The lowest BCUT2D eigenvalue weighted by atomic mass is 10.1. The van der Waals surface area contributed by atoms with Crippen LogP contribution in [0.25, 0.3) is 0 Å². The summed E-state index contributed by atoms with van der Waals surface area (Å²) in [5, 5.41) is 8.46. The van der Waals surface area contributed by atoms with Crippen LogP contribution in [0.4, 0.5) is 11.4 Å². The highest BCUT2D eigenvalue weighted by atomic mass is 16.5. The highest BCUT2D eigenvalue weighted by molar-refractivity contribution is 5.93. The molecule has 1 aromatic carbocycles. The van der Waals surface area contributed by atoms with Crippen molar-refractivity contribution in [3.8, 4) is 0 Å². The minimum atomic E-state index is -0.867. The Morgan fingerprint density at radius 1 is 1.17 bits per heavy atom. The summed E-state index contributed by atoms with van der Waals surface area (Å²) in [5.41, 5.74) is 1.38.